The maximum Gasteiger partial charge on any atom is 0.0788 e. The van der Waals surface area contributed by atoms with E-state index in [1.807, 2.05) is 0 Å². The highest BCUT2D eigenvalue weighted by Gasteiger charge is 2.17. The molecule has 1 aliphatic carbocycles. The second-order valence-corrected chi connectivity index (χ2v) is 3.60. The summed E-state index contributed by atoms with van der Waals surface area (Å²) in [4.78, 5) is 2.39. The molecule has 0 spiro atoms. The van der Waals surface area contributed by atoms with E-state index in [1.165, 1.54) is 5.70 Å². The van der Waals surface area contributed by atoms with Crippen LogP contribution in [-0.2, 0) is 0 Å². The molecular weight excluding hydrogens is 159 g/mol. The molecule has 2 rings (SSSR count). The van der Waals surface area contributed by atoms with Gasteiger partial charge in [-0.15, -0.1) is 0 Å². The van der Waals surface area contributed by atoms with Crippen LogP contribution in [0, 0.1) is 0 Å². The molecule has 1 heterocycles. The minimum atomic E-state index is 0.211. The van der Waals surface area contributed by atoms with Crippen LogP contribution < -0.4 is 5.32 Å². The number of hydrogen-bond acceptors (Lipinski definition) is 2. The first-order valence-corrected chi connectivity index (χ1v) is 4.96. The van der Waals surface area contributed by atoms with Crippen molar-refractivity contribution in [1.82, 2.24) is 10.2 Å². The molecule has 0 amide bonds. The Morgan fingerprint density at radius 3 is 2.85 bits per heavy atom. The maximum absolute atomic E-state index is 6.03. The molecule has 0 aromatic rings. The molecule has 2 radical (unpaired) electrons. The van der Waals surface area contributed by atoms with E-state index in [4.69, 9.17) is 7.85 Å². The van der Waals surface area contributed by atoms with Gasteiger partial charge in [0.2, 0.25) is 0 Å². The molecule has 1 fully saturated rings. The van der Waals surface area contributed by atoms with Crippen molar-refractivity contribution in [3.8, 4) is 0 Å². The second kappa shape index (κ2) is 4.01. The quantitative estimate of drug-likeness (QED) is 0.588. The molecule has 13 heavy (non-hydrogen) atoms. The van der Waals surface area contributed by atoms with Crippen LogP contribution in [-0.4, -0.2) is 38.9 Å². The molecule has 1 unspecified atom stereocenters. The normalized spacial score (nSPS) is 28.8. The molecule has 1 aliphatic heterocycles. The van der Waals surface area contributed by atoms with E-state index in [9.17, 15) is 0 Å². The van der Waals surface area contributed by atoms with Crippen molar-refractivity contribution in [2.24, 2.45) is 0 Å². The predicted molar refractivity (Wildman–Crippen MR) is 55.8 cm³/mol. The predicted octanol–water partition coefficient (Wildman–Crippen LogP) is 0.692. The second-order valence-electron chi connectivity index (χ2n) is 3.60. The van der Waals surface area contributed by atoms with Crippen molar-refractivity contribution in [2.45, 2.75) is 12.2 Å². The lowest BCUT2D eigenvalue weighted by molar-refractivity contribution is 0.290. The van der Waals surface area contributed by atoms with E-state index in [0.29, 0.717) is 0 Å². The van der Waals surface area contributed by atoms with Crippen LogP contribution in [0.25, 0.3) is 0 Å². The van der Waals surface area contributed by atoms with Crippen LogP contribution in [0.3, 0.4) is 0 Å². The third-order valence-corrected chi connectivity index (χ3v) is 2.66. The third-order valence-electron chi connectivity index (χ3n) is 2.66. The fourth-order valence-electron chi connectivity index (χ4n) is 1.90. The van der Waals surface area contributed by atoms with Gasteiger partial charge in [-0.1, -0.05) is 12.2 Å². The lowest BCUT2D eigenvalue weighted by Gasteiger charge is -2.35. The van der Waals surface area contributed by atoms with E-state index < -0.39 is 0 Å². The van der Waals surface area contributed by atoms with Crippen LogP contribution in [0.1, 0.15) is 6.42 Å². The van der Waals surface area contributed by atoms with E-state index in [-0.39, 0.29) is 5.82 Å². The van der Waals surface area contributed by atoms with Gasteiger partial charge in [-0.2, -0.15) is 0 Å². The summed E-state index contributed by atoms with van der Waals surface area (Å²) in [5, 5.41) is 3.34. The van der Waals surface area contributed by atoms with Crippen LogP contribution in [0.5, 0.6) is 0 Å². The summed E-state index contributed by atoms with van der Waals surface area (Å²) in [5.41, 5.74) is 1.31. The van der Waals surface area contributed by atoms with Crippen LogP contribution >= 0.6 is 0 Å². The first kappa shape index (κ1) is 8.88. The van der Waals surface area contributed by atoms with Gasteiger partial charge in [0.05, 0.1) is 7.85 Å². The average molecular weight is 174 g/mol. The van der Waals surface area contributed by atoms with E-state index >= 15 is 0 Å². The highest BCUT2D eigenvalue weighted by Crippen LogP contribution is 2.26. The topological polar surface area (TPSA) is 15.3 Å². The molecule has 2 nitrogen and oxygen atoms in total. The van der Waals surface area contributed by atoms with Crippen molar-refractivity contribution < 1.29 is 0 Å². The highest BCUT2D eigenvalue weighted by atomic mass is 15.2. The van der Waals surface area contributed by atoms with Gasteiger partial charge in [-0.05, 0) is 18.3 Å². The first-order valence-electron chi connectivity index (χ1n) is 4.96. The summed E-state index contributed by atoms with van der Waals surface area (Å²) in [6.07, 6.45) is 7.38. The lowest BCUT2D eigenvalue weighted by atomic mass is 9.78. The smallest absolute Gasteiger partial charge is 0.0788 e. The number of nitrogens with zero attached hydrogens (tertiary/aromatic N) is 1. The Bertz CT molecular complexity index is 229. The molecule has 3 heteroatoms. The summed E-state index contributed by atoms with van der Waals surface area (Å²) in [5.74, 6) is 0.211. The summed E-state index contributed by atoms with van der Waals surface area (Å²) in [6, 6.07) is 0. The fourth-order valence-corrected chi connectivity index (χ4v) is 1.90. The zero-order valence-corrected chi connectivity index (χ0v) is 7.87. The first-order chi connectivity index (χ1) is 6.38. The number of rotatable bonds is 1. The standard InChI is InChI=1S/C10H15BN2/c11-9-3-1-2-4-10(9)13-7-5-12-6-8-13/h1-2,4,9,12H,3,5-8H2. The van der Waals surface area contributed by atoms with Gasteiger partial charge in [-0.3, -0.25) is 0 Å². The number of nitrogens with one attached hydrogen (secondary N) is 1. The number of hydrogen-bond donors (Lipinski definition) is 1. The summed E-state index contributed by atoms with van der Waals surface area (Å²) < 4.78 is 0. The molecule has 0 bridgehead atoms. The van der Waals surface area contributed by atoms with Crippen molar-refractivity contribution in [3.63, 3.8) is 0 Å². The fraction of sp³-hybridized carbons (Fsp3) is 0.600. The Kier molecular flexibility index (Phi) is 2.74. The summed E-state index contributed by atoms with van der Waals surface area (Å²) >= 11 is 0. The molecule has 68 valence electrons. The number of allylic oxidation sites excluding steroid dienone is 4. The summed E-state index contributed by atoms with van der Waals surface area (Å²) in [7, 11) is 6.03. The molecule has 0 aromatic heterocycles. The minimum absolute atomic E-state index is 0.211. The monoisotopic (exact) mass is 174 g/mol. The molecule has 1 atom stereocenters. The van der Waals surface area contributed by atoms with E-state index in [2.05, 4.69) is 28.4 Å². The van der Waals surface area contributed by atoms with Crippen molar-refractivity contribution >= 4 is 7.85 Å². The van der Waals surface area contributed by atoms with Gasteiger partial charge in [-0.25, -0.2) is 0 Å². The molecular formula is C10H15BN2. The lowest BCUT2D eigenvalue weighted by Crippen LogP contribution is -2.43. The molecule has 1 saturated heterocycles. The Balaban J connectivity index is 2.04. The zero-order valence-electron chi connectivity index (χ0n) is 7.87. The maximum atomic E-state index is 6.03. The molecule has 2 aliphatic rings. The van der Waals surface area contributed by atoms with Crippen molar-refractivity contribution in [1.29, 1.82) is 0 Å². The average Bonchev–Trinajstić information content (AvgIpc) is 2.20. The van der Waals surface area contributed by atoms with Crippen LogP contribution in [0.2, 0.25) is 5.82 Å². The van der Waals surface area contributed by atoms with Crippen molar-refractivity contribution in [2.75, 3.05) is 26.2 Å². The minimum Gasteiger partial charge on any atom is -0.373 e. The Hall–Kier alpha value is -0.695. The highest BCUT2D eigenvalue weighted by molar-refractivity contribution is 6.13. The number of piperazine rings is 1. The summed E-state index contributed by atoms with van der Waals surface area (Å²) in [6.45, 7) is 4.34. The van der Waals surface area contributed by atoms with Crippen LogP contribution in [0.4, 0.5) is 0 Å². The van der Waals surface area contributed by atoms with Crippen molar-refractivity contribution in [3.05, 3.63) is 23.9 Å². The Morgan fingerprint density at radius 2 is 2.15 bits per heavy atom. The van der Waals surface area contributed by atoms with Gasteiger partial charge in [0.15, 0.2) is 0 Å². The Morgan fingerprint density at radius 1 is 1.38 bits per heavy atom. The third kappa shape index (κ3) is 1.97. The largest absolute Gasteiger partial charge is 0.373 e. The van der Waals surface area contributed by atoms with E-state index in [0.717, 1.165) is 32.6 Å². The van der Waals surface area contributed by atoms with E-state index in [1.54, 1.807) is 0 Å². The van der Waals surface area contributed by atoms with Gasteiger partial charge < -0.3 is 10.2 Å². The van der Waals surface area contributed by atoms with Gasteiger partial charge in [0, 0.05) is 31.9 Å². The SMILES string of the molecule is [B]C1CC=CC=C1N1CCNCC1. The van der Waals surface area contributed by atoms with Gasteiger partial charge >= 0.3 is 0 Å². The van der Waals surface area contributed by atoms with Crippen LogP contribution in [0.15, 0.2) is 23.9 Å². The Labute approximate surface area is 81.1 Å². The van der Waals surface area contributed by atoms with Gasteiger partial charge in [0.1, 0.15) is 0 Å². The molecule has 0 aromatic carbocycles. The zero-order chi connectivity index (χ0) is 9.10. The van der Waals surface area contributed by atoms with Gasteiger partial charge in [0.25, 0.3) is 0 Å². The molecule has 0 saturated carbocycles. The molecule has 1 N–H and O–H groups in total.